The maximum Gasteiger partial charge on any atom is 0.179 e. The fourth-order valence-corrected chi connectivity index (χ4v) is 1.76. The van der Waals surface area contributed by atoms with Gasteiger partial charge in [0.05, 0.1) is 18.2 Å². The van der Waals surface area contributed by atoms with Gasteiger partial charge in [-0.05, 0) is 38.6 Å². The topological polar surface area (TPSA) is 30.5 Å². The number of halogens is 1. The maximum absolute atomic E-state index is 6.15. The summed E-state index contributed by atoms with van der Waals surface area (Å²) in [6.07, 6.45) is 0. The first kappa shape index (κ1) is 13.1. The number of hydrogen-bond donors (Lipinski definition) is 1. The van der Waals surface area contributed by atoms with Crippen molar-refractivity contribution >= 4 is 11.6 Å². The lowest BCUT2D eigenvalue weighted by molar-refractivity contribution is 0.287. The summed E-state index contributed by atoms with van der Waals surface area (Å²) in [7, 11) is 1.89. The molecule has 1 aromatic carbocycles. The Kier molecular flexibility index (Phi) is 5.43. The number of hydrogen-bond acceptors (Lipinski definition) is 3. The van der Waals surface area contributed by atoms with E-state index >= 15 is 0 Å². The molecule has 0 fully saturated rings. The molecule has 0 aromatic heterocycles. The SMILES string of the molecule is CCOc1cc(CNC)cc(Cl)c1OCC. The Hall–Kier alpha value is -0.930. The van der Waals surface area contributed by atoms with Gasteiger partial charge in [0.1, 0.15) is 0 Å². The van der Waals surface area contributed by atoms with Crippen LogP contribution >= 0.6 is 11.6 Å². The summed E-state index contributed by atoms with van der Waals surface area (Å²) in [6.45, 7) is 5.79. The van der Waals surface area contributed by atoms with Gasteiger partial charge < -0.3 is 14.8 Å². The van der Waals surface area contributed by atoms with Gasteiger partial charge in [-0.15, -0.1) is 0 Å². The van der Waals surface area contributed by atoms with Gasteiger partial charge in [0.15, 0.2) is 11.5 Å². The van der Waals surface area contributed by atoms with E-state index in [0.29, 0.717) is 29.7 Å². The lowest BCUT2D eigenvalue weighted by atomic mass is 10.2. The molecule has 4 heteroatoms. The van der Waals surface area contributed by atoms with Crippen LogP contribution in [0.2, 0.25) is 5.02 Å². The highest BCUT2D eigenvalue weighted by molar-refractivity contribution is 6.32. The van der Waals surface area contributed by atoms with Gasteiger partial charge in [-0.3, -0.25) is 0 Å². The lowest BCUT2D eigenvalue weighted by Gasteiger charge is -2.14. The number of rotatable bonds is 6. The molecule has 0 amide bonds. The molecular weight excluding hydrogens is 226 g/mol. The second kappa shape index (κ2) is 6.61. The van der Waals surface area contributed by atoms with E-state index in [4.69, 9.17) is 21.1 Å². The molecule has 0 radical (unpaired) electrons. The summed E-state index contributed by atoms with van der Waals surface area (Å²) < 4.78 is 11.0. The minimum Gasteiger partial charge on any atom is -0.490 e. The minimum absolute atomic E-state index is 0.575. The van der Waals surface area contributed by atoms with Crippen LogP contribution in [0.4, 0.5) is 0 Å². The van der Waals surface area contributed by atoms with Crippen LogP contribution in [0.3, 0.4) is 0 Å². The first-order chi connectivity index (χ1) is 7.72. The Labute approximate surface area is 102 Å². The summed E-state index contributed by atoms with van der Waals surface area (Å²) in [6, 6.07) is 3.85. The van der Waals surface area contributed by atoms with Crippen LogP contribution in [0, 0.1) is 0 Å². The number of ether oxygens (including phenoxy) is 2. The molecule has 1 N–H and O–H groups in total. The monoisotopic (exact) mass is 243 g/mol. The van der Waals surface area contributed by atoms with Crippen LogP contribution < -0.4 is 14.8 Å². The van der Waals surface area contributed by atoms with Gasteiger partial charge in [0.2, 0.25) is 0 Å². The third-order valence-electron chi connectivity index (χ3n) is 2.04. The van der Waals surface area contributed by atoms with Gasteiger partial charge in [-0.25, -0.2) is 0 Å². The molecule has 0 unspecified atom stereocenters. The second-order valence-corrected chi connectivity index (χ2v) is 3.71. The summed E-state index contributed by atoms with van der Waals surface area (Å²) in [5.41, 5.74) is 1.08. The summed E-state index contributed by atoms with van der Waals surface area (Å²) in [5, 5.41) is 3.67. The predicted octanol–water partition coefficient (Wildman–Crippen LogP) is 2.86. The van der Waals surface area contributed by atoms with E-state index < -0.39 is 0 Å². The Morgan fingerprint density at radius 1 is 1.19 bits per heavy atom. The average Bonchev–Trinajstić information content (AvgIpc) is 2.24. The van der Waals surface area contributed by atoms with Gasteiger partial charge >= 0.3 is 0 Å². The second-order valence-electron chi connectivity index (χ2n) is 3.30. The molecule has 0 aliphatic rings. The molecule has 0 aliphatic carbocycles. The van der Waals surface area contributed by atoms with Crippen molar-refractivity contribution in [2.45, 2.75) is 20.4 Å². The van der Waals surface area contributed by atoms with Crippen LogP contribution in [0.5, 0.6) is 11.5 Å². The largest absolute Gasteiger partial charge is 0.490 e. The summed E-state index contributed by atoms with van der Waals surface area (Å²) in [4.78, 5) is 0. The zero-order valence-corrected chi connectivity index (χ0v) is 10.7. The highest BCUT2D eigenvalue weighted by Gasteiger charge is 2.11. The van der Waals surface area contributed by atoms with Crippen molar-refractivity contribution in [3.8, 4) is 11.5 Å². The smallest absolute Gasteiger partial charge is 0.179 e. The fraction of sp³-hybridized carbons (Fsp3) is 0.500. The van der Waals surface area contributed by atoms with Crippen LogP contribution in [0.25, 0.3) is 0 Å². The van der Waals surface area contributed by atoms with Crippen molar-refractivity contribution < 1.29 is 9.47 Å². The van der Waals surface area contributed by atoms with Crippen molar-refractivity contribution in [3.63, 3.8) is 0 Å². The summed E-state index contributed by atoms with van der Waals surface area (Å²) >= 11 is 6.15. The molecule has 0 atom stereocenters. The number of benzene rings is 1. The maximum atomic E-state index is 6.15. The fourth-order valence-electron chi connectivity index (χ4n) is 1.47. The van der Waals surface area contributed by atoms with E-state index in [2.05, 4.69) is 5.32 Å². The van der Waals surface area contributed by atoms with Gasteiger partial charge in [0.25, 0.3) is 0 Å². The molecular formula is C12H18ClNO2. The third kappa shape index (κ3) is 3.29. The predicted molar refractivity (Wildman–Crippen MR) is 66.6 cm³/mol. The third-order valence-corrected chi connectivity index (χ3v) is 2.32. The van der Waals surface area contributed by atoms with Crippen LogP contribution in [0.1, 0.15) is 19.4 Å². The summed E-state index contributed by atoms with van der Waals surface area (Å²) in [5.74, 6) is 1.34. The normalized spacial score (nSPS) is 10.2. The average molecular weight is 244 g/mol. The molecule has 1 rings (SSSR count). The van der Waals surface area contributed by atoms with Gasteiger partial charge in [-0.2, -0.15) is 0 Å². The van der Waals surface area contributed by atoms with E-state index in [9.17, 15) is 0 Å². The van der Waals surface area contributed by atoms with E-state index in [1.54, 1.807) is 0 Å². The van der Waals surface area contributed by atoms with Crippen LogP contribution in [0.15, 0.2) is 12.1 Å². The highest BCUT2D eigenvalue weighted by atomic mass is 35.5. The van der Waals surface area contributed by atoms with Crippen LogP contribution in [-0.2, 0) is 6.54 Å². The molecule has 0 bridgehead atoms. The first-order valence-corrected chi connectivity index (χ1v) is 5.83. The molecule has 0 saturated carbocycles. The van der Waals surface area contributed by atoms with Crippen molar-refractivity contribution in [1.29, 1.82) is 0 Å². The Morgan fingerprint density at radius 3 is 2.44 bits per heavy atom. The van der Waals surface area contributed by atoms with E-state index in [1.807, 2.05) is 33.0 Å². The van der Waals surface area contributed by atoms with Crippen molar-refractivity contribution in [2.75, 3.05) is 20.3 Å². The standard InChI is InChI=1S/C12H18ClNO2/c1-4-15-11-7-9(8-14-3)6-10(13)12(11)16-5-2/h6-7,14H,4-5,8H2,1-3H3. The lowest BCUT2D eigenvalue weighted by Crippen LogP contribution is -2.06. The minimum atomic E-state index is 0.575. The Bertz CT molecular complexity index is 342. The molecule has 0 spiro atoms. The zero-order valence-electron chi connectivity index (χ0n) is 9.97. The van der Waals surface area contributed by atoms with E-state index in [1.165, 1.54) is 0 Å². The van der Waals surface area contributed by atoms with Gasteiger partial charge in [0, 0.05) is 6.54 Å². The molecule has 0 aliphatic heterocycles. The highest BCUT2D eigenvalue weighted by Crippen LogP contribution is 2.36. The quantitative estimate of drug-likeness (QED) is 0.834. The van der Waals surface area contributed by atoms with Crippen molar-refractivity contribution in [3.05, 3.63) is 22.7 Å². The first-order valence-electron chi connectivity index (χ1n) is 5.45. The molecule has 0 saturated heterocycles. The Balaban J connectivity index is 3.05. The van der Waals surface area contributed by atoms with E-state index in [0.717, 1.165) is 12.1 Å². The Morgan fingerprint density at radius 2 is 1.88 bits per heavy atom. The molecule has 3 nitrogen and oxygen atoms in total. The van der Waals surface area contributed by atoms with Gasteiger partial charge in [-0.1, -0.05) is 11.6 Å². The van der Waals surface area contributed by atoms with Crippen LogP contribution in [-0.4, -0.2) is 20.3 Å². The van der Waals surface area contributed by atoms with Crippen molar-refractivity contribution in [2.24, 2.45) is 0 Å². The number of nitrogens with one attached hydrogen (secondary N) is 1. The molecule has 16 heavy (non-hydrogen) atoms. The van der Waals surface area contributed by atoms with E-state index in [-0.39, 0.29) is 0 Å². The molecule has 1 aromatic rings. The van der Waals surface area contributed by atoms with Crippen molar-refractivity contribution in [1.82, 2.24) is 5.32 Å². The molecule has 0 heterocycles. The molecule has 90 valence electrons. The zero-order chi connectivity index (χ0) is 12.0.